The molecule has 0 spiro atoms. The molecule has 1 saturated carbocycles. The van der Waals surface area contributed by atoms with Gasteiger partial charge < -0.3 is 15.7 Å². The molecular formula is C15H19ClN2O3. The second-order valence-corrected chi connectivity index (χ2v) is 6.20. The number of nitrogens with one attached hydrogen (secondary N) is 2. The van der Waals surface area contributed by atoms with Crippen LogP contribution in [0.2, 0.25) is 5.02 Å². The minimum absolute atomic E-state index is 0.0979. The zero-order chi connectivity index (χ0) is 15.6. The number of carbonyl (C=O) groups excluding carboxylic acids is 1. The van der Waals surface area contributed by atoms with Crippen molar-refractivity contribution in [3.63, 3.8) is 0 Å². The van der Waals surface area contributed by atoms with E-state index >= 15 is 0 Å². The second-order valence-electron chi connectivity index (χ2n) is 5.79. The van der Waals surface area contributed by atoms with Gasteiger partial charge in [-0.2, -0.15) is 0 Å². The quantitative estimate of drug-likeness (QED) is 0.777. The lowest BCUT2D eigenvalue weighted by Crippen LogP contribution is -2.35. The van der Waals surface area contributed by atoms with Crippen LogP contribution < -0.4 is 10.6 Å². The van der Waals surface area contributed by atoms with Crippen molar-refractivity contribution in [2.75, 3.05) is 11.9 Å². The van der Waals surface area contributed by atoms with Crippen molar-refractivity contribution < 1.29 is 14.7 Å². The molecule has 3 N–H and O–H groups in total. The molecule has 0 radical (unpaired) electrons. The third kappa shape index (κ3) is 3.47. The molecule has 0 heterocycles. The number of carboxylic acid groups (broad SMARTS) is 1. The number of aromatic carboxylic acids is 1. The highest BCUT2D eigenvalue weighted by Gasteiger charge is 2.45. The Bertz CT molecular complexity index is 568. The number of rotatable bonds is 5. The van der Waals surface area contributed by atoms with Gasteiger partial charge in [-0.05, 0) is 36.3 Å². The van der Waals surface area contributed by atoms with Gasteiger partial charge in [-0.3, -0.25) is 0 Å². The molecule has 6 heteroatoms. The highest BCUT2D eigenvalue weighted by atomic mass is 35.5. The normalized spacial score (nSPS) is 15.6. The van der Waals surface area contributed by atoms with E-state index in [1.807, 2.05) is 0 Å². The predicted molar refractivity (Wildman–Crippen MR) is 81.9 cm³/mol. The molecule has 0 atom stereocenters. The van der Waals surface area contributed by atoms with Crippen LogP contribution in [0.25, 0.3) is 0 Å². The molecule has 5 nitrogen and oxygen atoms in total. The molecule has 21 heavy (non-hydrogen) atoms. The first-order valence-corrected chi connectivity index (χ1v) is 7.30. The van der Waals surface area contributed by atoms with Crippen LogP contribution in [-0.2, 0) is 0 Å². The van der Waals surface area contributed by atoms with E-state index in [-0.39, 0.29) is 21.7 Å². The molecule has 1 aromatic carbocycles. The summed E-state index contributed by atoms with van der Waals surface area (Å²) in [5.41, 5.74) is 0.294. The van der Waals surface area contributed by atoms with E-state index in [0.29, 0.717) is 12.5 Å². The van der Waals surface area contributed by atoms with Crippen LogP contribution in [0.15, 0.2) is 18.2 Å². The number of carboxylic acids is 1. The maximum Gasteiger partial charge on any atom is 0.339 e. The van der Waals surface area contributed by atoms with Crippen LogP contribution in [0, 0.1) is 11.3 Å². The van der Waals surface area contributed by atoms with Crippen molar-refractivity contribution in [3.05, 3.63) is 28.8 Å². The molecule has 1 fully saturated rings. The summed E-state index contributed by atoms with van der Waals surface area (Å²) >= 11 is 5.86. The lowest BCUT2D eigenvalue weighted by atomic mass is 9.92. The molecule has 0 aliphatic heterocycles. The molecule has 114 valence electrons. The first-order chi connectivity index (χ1) is 9.85. The minimum atomic E-state index is -1.17. The number of carbonyl (C=O) groups is 2. The summed E-state index contributed by atoms with van der Waals surface area (Å²) in [6.45, 7) is 4.89. The Morgan fingerprint density at radius 2 is 2.05 bits per heavy atom. The van der Waals surface area contributed by atoms with Gasteiger partial charge in [-0.15, -0.1) is 0 Å². The zero-order valence-electron chi connectivity index (χ0n) is 12.1. The van der Waals surface area contributed by atoms with Crippen LogP contribution in [0.1, 0.15) is 37.0 Å². The molecule has 0 bridgehead atoms. The first kappa shape index (κ1) is 15.6. The van der Waals surface area contributed by atoms with Crippen LogP contribution in [0.3, 0.4) is 0 Å². The van der Waals surface area contributed by atoms with Gasteiger partial charge in [0.25, 0.3) is 0 Å². The smallest absolute Gasteiger partial charge is 0.339 e. The molecule has 1 aromatic rings. The van der Waals surface area contributed by atoms with Gasteiger partial charge in [-0.1, -0.05) is 31.5 Å². The Labute approximate surface area is 128 Å². The Morgan fingerprint density at radius 3 is 2.57 bits per heavy atom. The summed E-state index contributed by atoms with van der Waals surface area (Å²) in [4.78, 5) is 23.1. The van der Waals surface area contributed by atoms with E-state index < -0.39 is 12.0 Å². The van der Waals surface area contributed by atoms with Crippen molar-refractivity contribution >= 4 is 29.3 Å². The first-order valence-electron chi connectivity index (χ1n) is 6.92. The topological polar surface area (TPSA) is 78.4 Å². The number of hydrogen-bond acceptors (Lipinski definition) is 2. The summed E-state index contributed by atoms with van der Waals surface area (Å²) in [5.74, 6) is -0.657. The van der Waals surface area contributed by atoms with Crippen molar-refractivity contribution in [3.8, 4) is 0 Å². The number of hydrogen-bond donors (Lipinski definition) is 3. The monoisotopic (exact) mass is 310 g/mol. The van der Waals surface area contributed by atoms with Crippen LogP contribution in [-0.4, -0.2) is 23.7 Å². The van der Waals surface area contributed by atoms with Gasteiger partial charge in [0.15, 0.2) is 0 Å². The molecule has 0 aromatic heterocycles. The van der Waals surface area contributed by atoms with Crippen molar-refractivity contribution in [1.82, 2.24) is 5.32 Å². The highest BCUT2D eigenvalue weighted by molar-refractivity contribution is 6.34. The number of amides is 2. The number of halogens is 1. The lowest BCUT2D eigenvalue weighted by molar-refractivity contribution is 0.0698. The van der Waals surface area contributed by atoms with Crippen LogP contribution >= 0.6 is 11.6 Å². The van der Waals surface area contributed by atoms with Crippen molar-refractivity contribution in [1.29, 1.82) is 0 Å². The van der Waals surface area contributed by atoms with E-state index in [1.54, 1.807) is 6.07 Å². The van der Waals surface area contributed by atoms with Crippen LogP contribution in [0.5, 0.6) is 0 Å². The van der Waals surface area contributed by atoms with Gasteiger partial charge in [0.05, 0.1) is 10.7 Å². The second kappa shape index (κ2) is 5.93. The summed E-state index contributed by atoms with van der Waals surface area (Å²) in [6.07, 6.45) is 2.23. The van der Waals surface area contributed by atoms with Gasteiger partial charge in [0.1, 0.15) is 5.56 Å². The van der Waals surface area contributed by atoms with E-state index in [2.05, 4.69) is 24.5 Å². The Morgan fingerprint density at radius 1 is 1.38 bits per heavy atom. The van der Waals surface area contributed by atoms with Gasteiger partial charge in [0, 0.05) is 6.54 Å². The van der Waals surface area contributed by atoms with Gasteiger partial charge >= 0.3 is 12.0 Å². The number of benzene rings is 1. The van der Waals surface area contributed by atoms with Crippen molar-refractivity contribution in [2.24, 2.45) is 11.3 Å². The Balaban J connectivity index is 2.01. The van der Waals surface area contributed by atoms with E-state index in [0.717, 1.165) is 12.8 Å². The van der Waals surface area contributed by atoms with Gasteiger partial charge in [0.2, 0.25) is 0 Å². The van der Waals surface area contributed by atoms with E-state index in [9.17, 15) is 9.59 Å². The molecule has 0 saturated heterocycles. The molecular weight excluding hydrogens is 292 g/mol. The molecule has 0 unspecified atom stereocenters. The summed E-state index contributed by atoms with van der Waals surface area (Å²) in [7, 11) is 0. The van der Waals surface area contributed by atoms with Crippen LogP contribution in [0.4, 0.5) is 10.5 Å². The van der Waals surface area contributed by atoms with Crippen molar-refractivity contribution in [2.45, 2.75) is 26.7 Å². The fourth-order valence-corrected chi connectivity index (χ4v) is 2.64. The standard InChI is InChI=1S/C15H19ClN2O3/c1-9(2)15(6-7-15)8-17-14(21)18-11-5-3-4-10(16)12(11)13(19)20/h3-5,9H,6-8H2,1-2H3,(H,19,20)(H2,17,18,21). The zero-order valence-corrected chi connectivity index (χ0v) is 12.8. The summed E-state index contributed by atoms with van der Waals surface area (Å²) < 4.78 is 0. The average Bonchev–Trinajstić information content (AvgIpc) is 3.17. The number of urea groups is 1. The maximum atomic E-state index is 11.9. The SMILES string of the molecule is CC(C)C1(CNC(=O)Nc2cccc(Cl)c2C(=O)O)CC1. The molecule has 2 rings (SSSR count). The summed E-state index contributed by atoms with van der Waals surface area (Å²) in [5, 5.41) is 14.6. The largest absolute Gasteiger partial charge is 0.478 e. The van der Waals surface area contributed by atoms with E-state index in [1.165, 1.54) is 12.1 Å². The maximum absolute atomic E-state index is 11.9. The Hall–Kier alpha value is -1.75. The lowest BCUT2D eigenvalue weighted by Gasteiger charge is -2.20. The summed E-state index contributed by atoms with van der Waals surface area (Å²) in [6, 6.07) is 4.18. The molecule has 2 amide bonds. The molecule has 1 aliphatic carbocycles. The Kier molecular flexibility index (Phi) is 4.42. The fourth-order valence-electron chi connectivity index (χ4n) is 2.39. The third-order valence-electron chi connectivity index (χ3n) is 4.19. The fraction of sp³-hybridized carbons (Fsp3) is 0.467. The van der Waals surface area contributed by atoms with Gasteiger partial charge in [-0.25, -0.2) is 9.59 Å². The third-order valence-corrected chi connectivity index (χ3v) is 4.51. The predicted octanol–water partition coefficient (Wildman–Crippen LogP) is 3.60. The highest BCUT2D eigenvalue weighted by Crippen LogP contribution is 2.51. The average molecular weight is 311 g/mol. The number of anilines is 1. The minimum Gasteiger partial charge on any atom is -0.478 e. The molecule has 1 aliphatic rings. The van der Waals surface area contributed by atoms with E-state index in [4.69, 9.17) is 16.7 Å².